The van der Waals surface area contributed by atoms with Gasteiger partial charge in [0.15, 0.2) is 0 Å². The number of rotatable bonds is 4. The fourth-order valence-corrected chi connectivity index (χ4v) is 1.05. The van der Waals surface area contributed by atoms with Gasteiger partial charge in [-0.15, -0.1) is 9.32 Å². The van der Waals surface area contributed by atoms with E-state index in [-0.39, 0.29) is 5.69 Å². The van der Waals surface area contributed by atoms with Crippen molar-refractivity contribution in [1.82, 2.24) is 0 Å². The molecule has 0 aliphatic heterocycles. The van der Waals surface area contributed by atoms with Crippen LogP contribution in [-0.4, -0.2) is 4.92 Å². The van der Waals surface area contributed by atoms with Crippen LogP contribution < -0.4 is 5.90 Å². The predicted octanol–water partition coefficient (Wildman–Crippen LogP) is 1.42. The fourth-order valence-electron chi connectivity index (χ4n) is 0.682. The van der Waals surface area contributed by atoms with E-state index in [1.54, 1.807) is 0 Å². The van der Waals surface area contributed by atoms with Gasteiger partial charge in [0.25, 0.3) is 5.69 Å². The van der Waals surface area contributed by atoms with E-state index in [4.69, 9.17) is 0 Å². The van der Waals surface area contributed by atoms with Gasteiger partial charge in [-0.3, -0.25) is 10.1 Å². The predicted molar refractivity (Wildman–Crippen MR) is 45.3 cm³/mol. The molecule has 0 bridgehead atoms. The summed E-state index contributed by atoms with van der Waals surface area (Å²) in [6.07, 6.45) is 0. The molecular weight excluding hydrogens is 196 g/mol. The fraction of sp³-hybridized carbons (Fsp3) is 0. The van der Waals surface area contributed by atoms with Crippen LogP contribution in [0, 0.1) is 10.1 Å². The highest BCUT2D eigenvalue weighted by Gasteiger charge is 2.04. The summed E-state index contributed by atoms with van der Waals surface area (Å²) >= 11 is 0.871. The summed E-state index contributed by atoms with van der Waals surface area (Å²) in [5, 5.41) is 10.2. The van der Waals surface area contributed by atoms with E-state index in [9.17, 15) is 10.1 Å². The number of nitrogens with two attached hydrogens (primary N) is 1. The molecule has 7 heteroatoms. The number of non-ortho nitro benzene ring substituents is 1. The molecule has 0 aliphatic rings. The molecule has 0 spiro atoms. The molecule has 0 unspecified atom stereocenters. The summed E-state index contributed by atoms with van der Waals surface area (Å²) < 4.78 is 4.34. The minimum atomic E-state index is -0.477. The Bertz CT molecular complexity index is 289. The van der Waals surface area contributed by atoms with Crippen LogP contribution in [0.25, 0.3) is 0 Å². The first-order valence-corrected chi connectivity index (χ1v) is 3.92. The zero-order chi connectivity index (χ0) is 9.68. The molecule has 6 nitrogen and oxygen atoms in total. The van der Waals surface area contributed by atoms with Crippen LogP contribution in [0.15, 0.2) is 29.2 Å². The summed E-state index contributed by atoms with van der Waals surface area (Å²) in [5.41, 5.74) is 0.0259. The van der Waals surface area contributed by atoms with Crippen molar-refractivity contribution >= 4 is 17.7 Å². The number of nitro groups is 1. The van der Waals surface area contributed by atoms with Crippen molar-refractivity contribution in [3.63, 3.8) is 0 Å². The normalized spacial score (nSPS) is 9.92. The van der Waals surface area contributed by atoms with Gasteiger partial charge >= 0.3 is 0 Å². The van der Waals surface area contributed by atoms with Crippen molar-refractivity contribution in [2.75, 3.05) is 0 Å². The Balaban J connectivity index is 2.64. The molecule has 0 saturated heterocycles. The van der Waals surface area contributed by atoms with Crippen LogP contribution in [0.5, 0.6) is 0 Å². The van der Waals surface area contributed by atoms with Gasteiger partial charge in [0.2, 0.25) is 0 Å². The Morgan fingerprint density at radius 1 is 1.38 bits per heavy atom. The maximum Gasteiger partial charge on any atom is 0.269 e. The van der Waals surface area contributed by atoms with Gasteiger partial charge in [-0.05, 0) is 12.1 Å². The zero-order valence-corrected chi connectivity index (χ0v) is 7.19. The summed E-state index contributed by atoms with van der Waals surface area (Å²) in [6.45, 7) is 0. The van der Waals surface area contributed by atoms with Crippen LogP contribution in [0.2, 0.25) is 0 Å². The smallest absolute Gasteiger partial charge is 0.258 e. The minimum Gasteiger partial charge on any atom is -0.258 e. The second-order valence-electron chi connectivity index (χ2n) is 2.00. The second kappa shape index (κ2) is 4.77. The van der Waals surface area contributed by atoms with E-state index < -0.39 is 4.92 Å². The zero-order valence-electron chi connectivity index (χ0n) is 6.38. The van der Waals surface area contributed by atoms with Crippen LogP contribution >= 0.6 is 12.0 Å². The molecule has 0 aromatic heterocycles. The monoisotopic (exact) mass is 202 g/mol. The van der Waals surface area contributed by atoms with Gasteiger partial charge in [-0.25, -0.2) is 0 Å². The quantitative estimate of drug-likeness (QED) is 0.344. The van der Waals surface area contributed by atoms with E-state index in [1.165, 1.54) is 24.3 Å². The van der Waals surface area contributed by atoms with Gasteiger partial charge in [0.1, 0.15) is 0 Å². The molecule has 1 aromatic carbocycles. The molecule has 0 fully saturated rings. The van der Waals surface area contributed by atoms with Crippen molar-refractivity contribution in [2.45, 2.75) is 4.90 Å². The topological polar surface area (TPSA) is 87.6 Å². The van der Waals surface area contributed by atoms with E-state index in [1.807, 2.05) is 0 Å². The maximum absolute atomic E-state index is 10.2. The van der Waals surface area contributed by atoms with Crippen LogP contribution in [-0.2, 0) is 9.32 Å². The van der Waals surface area contributed by atoms with Crippen molar-refractivity contribution < 1.29 is 14.2 Å². The molecular formula is C6H6N2O4S. The molecule has 0 amide bonds. The van der Waals surface area contributed by atoms with E-state index >= 15 is 0 Å². The average molecular weight is 202 g/mol. The molecule has 0 aliphatic carbocycles. The Hall–Kier alpha value is -1.15. The van der Waals surface area contributed by atoms with Crippen molar-refractivity contribution in [3.05, 3.63) is 34.4 Å². The third-order valence-corrected chi connectivity index (χ3v) is 1.83. The maximum atomic E-state index is 10.2. The molecule has 0 saturated carbocycles. The number of hydrogen-bond acceptors (Lipinski definition) is 6. The highest BCUT2D eigenvalue weighted by molar-refractivity contribution is 7.94. The highest BCUT2D eigenvalue weighted by atomic mass is 32.2. The van der Waals surface area contributed by atoms with E-state index in [2.05, 4.69) is 15.2 Å². The highest BCUT2D eigenvalue weighted by Crippen LogP contribution is 2.21. The van der Waals surface area contributed by atoms with Crippen LogP contribution in [0.3, 0.4) is 0 Å². The number of nitro benzene ring substituents is 1. The summed E-state index contributed by atoms with van der Waals surface area (Å²) in [6, 6.07) is 5.79. The first-order chi connectivity index (χ1) is 6.24. The molecule has 2 N–H and O–H groups in total. The molecule has 13 heavy (non-hydrogen) atoms. The summed E-state index contributed by atoms with van der Waals surface area (Å²) in [4.78, 5) is 14.3. The summed E-state index contributed by atoms with van der Waals surface area (Å²) in [5.74, 6) is 4.60. The Labute approximate surface area is 77.9 Å². The van der Waals surface area contributed by atoms with Gasteiger partial charge in [0, 0.05) is 17.0 Å². The molecule has 0 radical (unpaired) electrons. The van der Waals surface area contributed by atoms with Gasteiger partial charge in [0.05, 0.1) is 17.0 Å². The SMILES string of the molecule is NOOSc1ccc([N+](=O)[O-])cc1. The van der Waals surface area contributed by atoms with Crippen molar-refractivity contribution in [3.8, 4) is 0 Å². The Morgan fingerprint density at radius 3 is 2.46 bits per heavy atom. The molecule has 1 aromatic rings. The number of benzene rings is 1. The molecule has 0 atom stereocenters. The lowest BCUT2D eigenvalue weighted by Crippen LogP contribution is -1.93. The van der Waals surface area contributed by atoms with E-state index in [0.29, 0.717) is 4.90 Å². The van der Waals surface area contributed by atoms with Crippen molar-refractivity contribution in [2.24, 2.45) is 5.90 Å². The van der Waals surface area contributed by atoms with Crippen LogP contribution in [0.4, 0.5) is 5.69 Å². The standard InChI is InChI=1S/C6H6N2O4S/c7-11-12-13-6-3-1-5(2-4-6)8(9)10/h1-4H,7H2. The molecule has 1 rings (SSSR count). The largest absolute Gasteiger partial charge is 0.269 e. The number of nitrogens with zero attached hydrogens (tertiary/aromatic N) is 1. The lowest BCUT2D eigenvalue weighted by Gasteiger charge is -1.96. The minimum absolute atomic E-state index is 0.0259. The number of hydrogen-bond donors (Lipinski definition) is 1. The van der Waals surface area contributed by atoms with Gasteiger partial charge < -0.3 is 0 Å². The third kappa shape index (κ3) is 2.99. The lowest BCUT2D eigenvalue weighted by molar-refractivity contribution is -0.384. The first-order valence-electron chi connectivity index (χ1n) is 3.18. The lowest BCUT2D eigenvalue weighted by atomic mass is 10.3. The van der Waals surface area contributed by atoms with E-state index in [0.717, 1.165) is 12.0 Å². The third-order valence-electron chi connectivity index (χ3n) is 1.22. The molecule has 70 valence electrons. The van der Waals surface area contributed by atoms with Gasteiger partial charge in [-0.1, -0.05) is 0 Å². The first kappa shape index (κ1) is 9.93. The average Bonchev–Trinajstić information content (AvgIpc) is 2.15. The van der Waals surface area contributed by atoms with Crippen molar-refractivity contribution in [1.29, 1.82) is 0 Å². The van der Waals surface area contributed by atoms with Crippen LogP contribution in [0.1, 0.15) is 0 Å². The Kier molecular flexibility index (Phi) is 3.65. The van der Waals surface area contributed by atoms with Gasteiger partial charge in [-0.2, -0.15) is 5.90 Å². The molecule has 0 heterocycles. The summed E-state index contributed by atoms with van der Waals surface area (Å²) in [7, 11) is 0. The second-order valence-corrected chi connectivity index (χ2v) is 2.77. The Morgan fingerprint density at radius 2 is 2.00 bits per heavy atom.